The third-order valence-electron chi connectivity index (χ3n) is 22.5. The number of benzene rings is 8. The molecule has 0 aliphatic carbocycles. The molecule has 36 heteroatoms. The average molecular weight is 1290 g/mol. The zero-order valence-corrected chi connectivity index (χ0v) is 56.5. The minimum atomic E-state index is -0.409. The highest BCUT2D eigenvalue weighted by Gasteiger charge is 2.61. The number of hydrogen-bond donors (Lipinski definition) is 2. The van der Waals surface area contributed by atoms with Crippen LogP contribution in [0.3, 0.4) is 0 Å². The summed E-state index contributed by atoms with van der Waals surface area (Å²) in [6.07, 6.45) is 2.52. The number of aromatic amines is 2. The fraction of sp³-hybridized carbons (Fsp3) is 0.176. The summed E-state index contributed by atoms with van der Waals surface area (Å²) in [6, 6.07) is 54.5. The topological polar surface area (TPSA) is 146 Å². The van der Waals surface area contributed by atoms with E-state index in [1.54, 1.807) is 57.4 Å². The van der Waals surface area contributed by atoms with Gasteiger partial charge < -0.3 is 28.9 Å². The Hall–Kier alpha value is -8.12. The Labute approximate surface area is 628 Å². The molecule has 8 aromatic carbocycles. The third-order valence-corrected chi connectivity index (χ3v) is 22.5. The monoisotopic (exact) mass is 1290 g/mol. The number of H-pyrrole nitrogens is 2. The first-order valence-corrected chi connectivity index (χ1v) is 34.5. The van der Waals surface area contributed by atoms with Crippen molar-refractivity contribution in [1.82, 2.24) is 39.9 Å². The first-order chi connectivity index (χ1) is 50.6. The molecule has 0 amide bonds. The van der Waals surface area contributed by atoms with Gasteiger partial charge in [-0.2, -0.15) is 0 Å². The standard InChI is InChI=1S/C68H42B24N8O4/c69-81-61-65(85-73,89(61)77)29-33-1-9-37(10-2-33)101-41-17-21-45-49(25-41)57-95-53(45)93-54-47-23-19-43(103-39-13-5-35(6-14-39)31-67(87-75)63(83-71)91(67)79)27-51(47)59(97-54)100-60-52-28-44(104-40-15-7-36(8-16-40)32-68(88-76)64(84-72)92(68)80)20-24-48(52)56(98-60)94-55-46-22-18-42(26-50(46)58(96-55)99-57)102-38-11-3-34(4-12-38)30-66(86-74)62(82-70)90(66)78/h1-28,61-64H,29-32H2,(H2,93,94,95,96,97,98,99,100)/i81-1,82-1,83-1,84-1,85-1,86-1,87-1,88-1,89-1,90-1,91-1,92-1. The second kappa shape index (κ2) is 27.0. The number of rotatable bonds is 24. The van der Waals surface area contributed by atoms with E-state index < -0.39 is 20.9 Å². The van der Waals surface area contributed by atoms with E-state index in [0.29, 0.717) is 151 Å². The number of fused-ring (bicyclic) bond motifs is 20. The molecule has 32 radical (unpaired) electrons. The number of nitrogens with zero attached hydrogens (tertiary/aromatic N) is 6. The molecular weight excluding hydrogens is 1240 g/mol. The summed E-state index contributed by atoms with van der Waals surface area (Å²) in [5.74, 6) is 6.01. The molecule has 6 aliphatic rings. The van der Waals surface area contributed by atoms with Crippen molar-refractivity contribution in [2.75, 3.05) is 0 Å². The fourth-order valence-corrected chi connectivity index (χ4v) is 16.0. The smallest absolute Gasteiger partial charge is 0.164 e. The fourth-order valence-electron chi connectivity index (χ4n) is 16.0. The molecule has 4 saturated heterocycles. The molecule has 0 spiro atoms. The van der Waals surface area contributed by atoms with Crippen molar-refractivity contribution in [2.24, 2.45) is 0 Å². The molecule has 0 saturated carbocycles. The Bertz CT molecular complexity index is 5040. The number of hydrogen-bond acceptors (Lipinski definition) is 10. The molecular formula is C68H42B24N8O4. The van der Waals surface area contributed by atoms with Crippen molar-refractivity contribution in [3.8, 4) is 91.5 Å². The van der Waals surface area contributed by atoms with Crippen LogP contribution < -0.4 is 18.9 Å². The molecule has 450 valence electrons. The van der Waals surface area contributed by atoms with E-state index in [-0.39, 0.29) is 49.3 Å². The van der Waals surface area contributed by atoms with Crippen LogP contribution in [0.15, 0.2) is 170 Å². The second-order valence-corrected chi connectivity index (χ2v) is 28.2. The number of ether oxygens (including phenoxy) is 4. The van der Waals surface area contributed by atoms with Crippen molar-refractivity contribution in [1.29, 1.82) is 0 Å². The normalized spacial score (nSPS) is 22.2. The highest BCUT2D eigenvalue weighted by atomic mass is 16.5. The summed E-state index contributed by atoms with van der Waals surface area (Å²) in [5, 5.41) is 1.16. The van der Waals surface area contributed by atoms with Crippen molar-refractivity contribution < 1.29 is 18.9 Å². The van der Waals surface area contributed by atoms with Gasteiger partial charge in [0, 0.05) is 165 Å². The summed E-state index contributed by atoms with van der Waals surface area (Å²) in [6.45, 7) is -0.627. The molecule has 11 aromatic rings. The van der Waals surface area contributed by atoms with Crippen molar-refractivity contribution in [3.05, 3.63) is 192 Å². The number of nitrogens with one attached hydrogen (secondary N) is 2. The molecule has 6 aliphatic heterocycles. The zero-order chi connectivity index (χ0) is 71.6. The predicted molar refractivity (Wildman–Crippen MR) is 441 cm³/mol. The lowest BCUT2D eigenvalue weighted by atomic mass is 8.78. The maximum absolute atomic E-state index is 6.63. The van der Waals surface area contributed by atoms with Gasteiger partial charge in [0.05, 0.1) is 55.1 Å². The van der Waals surface area contributed by atoms with E-state index >= 15 is 0 Å². The third kappa shape index (κ3) is 12.0. The summed E-state index contributed by atoms with van der Waals surface area (Å²) in [4.78, 5) is 39.2. The van der Waals surface area contributed by atoms with E-state index in [0.717, 1.165) is 33.0 Å². The van der Waals surface area contributed by atoms with Crippen LogP contribution in [0.4, 0.5) is 0 Å². The van der Waals surface area contributed by atoms with Crippen LogP contribution in [0.25, 0.3) is 89.7 Å². The van der Waals surface area contributed by atoms with Crippen molar-refractivity contribution in [3.63, 3.8) is 0 Å². The summed E-state index contributed by atoms with van der Waals surface area (Å²) in [5.41, 5.74) is 8.59. The summed E-state index contributed by atoms with van der Waals surface area (Å²) >= 11 is 0. The van der Waals surface area contributed by atoms with Gasteiger partial charge in [0.25, 0.3) is 0 Å². The molecule has 2 N–H and O–H groups in total. The molecule has 4 fully saturated rings. The first kappa shape index (κ1) is 69.0. The van der Waals surface area contributed by atoms with Crippen molar-refractivity contribution >= 4 is 221 Å². The highest BCUT2D eigenvalue weighted by Crippen LogP contribution is 2.64. The van der Waals surface area contributed by atoms with Crippen LogP contribution >= 0.6 is 0 Å². The lowest BCUT2D eigenvalue weighted by Crippen LogP contribution is -2.15. The molecule has 8 bridgehead atoms. The molecule has 12 nitrogen and oxygen atoms in total. The zero-order valence-electron chi connectivity index (χ0n) is 56.5. The quantitative estimate of drug-likeness (QED) is 0.0592. The Morgan fingerprint density at radius 2 is 0.529 bits per heavy atom. The minimum absolute atomic E-state index is 0.00856. The lowest BCUT2D eigenvalue weighted by Gasteiger charge is -2.17. The van der Waals surface area contributed by atoms with Crippen LogP contribution in [-0.2, 0) is 25.7 Å². The van der Waals surface area contributed by atoms with Gasteiger partial charge in [-0.3, -0.25) is 0 Å². The van der Waals surface area contributed by atoms with Gasteiger partial charge in [0.1, 0.15) is 68.6 Å². The Morgan fingerprint density at radius 1 is 0.288 bits per heavy atom. The first-order valence-electron chi connectivity index (χ1n) is 34.5. The maximum atomic E-state index is 6.63. The molecule has 3 aromatic heterocycles. The van der Waals surface area contributed by atoms with E-state index in [4.69, 9.17) is 142 Å². The lowest BCUT2D eigenvalue weighted by molar-refractivity contribution is 0.482. The van der Waals surface area contributed by atoms with Crippen LogP contribution in [0.5, 0.6) is 46.0 Å². The Morgan fingerprint density at radius 3 is 0.788 bits per heavy atom. The average Bonchev–Trinajstić information content (AvgIpc) is 1.57. The molecule has 17 rings (SSSR count). The van der Waals surface area contributed by atoms with E-state index in [9.17, 15) is 0 Å². The van der Waals surface area contributed by atoms with Gasteiger partial charge in [0.15, 0.2) is 23.3 Å². The summed E-state index contributed by atoms with van der Waals surface area (Å²) in [7, 11) is 87.4. The van der Waals surface area contributed by atoms with Gasteiger partial charge in [-0.25, -0.2) is 29.9 Å². The highest BCUT2D eigenvalue weighted by molar-refractivity contribution is 7.30. The van der Waals surface area contributed by atoms with Gasteiger partial charge in [-0.15, -0.1) is 43.7 Å². The molecule has 104 heavy (non-hydrogen) atoms. The van der Waals surface area contributed by atoms with Crippen LogP contribution in [0.1, 0.15) is 22.3 Å². The van der Waals surface area contributed by atoms with Gasteiger partial charge in [0.2, 0.25) is 0 Å². The van der Waals surface area contributed by atoms with Gasteiger partial charge >= 0.3 is 0 Å². The van der Waals surface area contributed by atoms with E-state index in [1.165, 1.54) is 0 Å². The van der Waals surface area contributed by atoms with Gasteiger partial charge in [-0.1, -0.05) is 48.5 Å². The molecule has 8 unspecified atom stereocenters. The second-order valence-electron chi connectivity index (χ2n) is 28.2. The minimum Gasteiger partial charge on any atom is -0.457 e. The molecule has 8 atom stereocenters. The van der Waals surface area contributed by atoms with E-state index in [1.807, 2.05) is 170 Å². The maximum Gasteiger partial charge on any atom is 0.164 e. The predicted octanol–water partition coefficient (Wildman–Crippen LogP) is 7.31. The number of aromatic nitrogens is 8. The largest absolute Gasteiger partial charge is 0.457 e. The van der Waals surface area contributed by atoms with Gasteiger partial charge in [-0.05, 0) is 169 Å². The Kier molecular flexibility index (Phi) is 17.9. The van der Waals surface area contributed by atoms with E-state index in [2.05, 4.69) is 9.97 Å². The van der Waals surface area contributed by atoms with Crippen LogP contribution in [-0.4, -0.2) is 216 Å². The Balaban J connectivity index is 0.790. The summed E-state index contributed by atoms with van der Waals surface area (Å²) < 4.78 is 26.5. The SMILES string of the molecule is [B][10B]C1[10B]([B])C1([10B][B])Cc1ccc(Oc2ccc3c(c2)-c2nc-3nc3[nH]c(nc4nc(nc5[nH]c(n2)c2cc(Oc6ccc(CC7([10B][B])[10B]([B])C7[10B][B])cc6)ccc52)-c2ccc(Oc5ccc(CC6([10B][B])[10B]([B])C6[10B][B])cc5)cc2-4)c2cc(Oc4ccc(CC5([10B][B])[10B]([B])C5[10B][B])cc4)ccc32)cc1. The van der Waals surface area contributed by atoms with Crippen LogP contribution in [0.2, 0.25) is 43.7 Å². The van der Waals surface area contributed by atoms with Crippen LogP contribution in [0, 0.1) is 0 Å². The van der Waals surface area contributed by atoms with Crippen molar-refractivity contribution in [2.45, 2.75) is 69.4 Å². The molecule has 9 heterocycles.